The van der Waals surface area contributed by atoms with Crippen LogP contribution in [0, 0.1) is 5.82 Å². The van der Waals surface area contributed by atoms with Gasteiger partial charge in [-0.25, -0.2) is 4.39 Å². The third-order valence-corrected chi connectivity index (χ3v) is 3.17. The lowest BCUT2D eigenvalue weighted by Gasteiger charge is -2.09. The fraction of sp³-hybridized carbons (Fsp3) is 0.455. The summed E-state index contributed by atoms with van der Waals surface area (Å²) in [7, 11) is 0. The second-order valence-corrected chi connectivity index (χ2v) is 4.60. The van der Waals surface area contributed by atoms with Crippen molar-refractivity contribution in [1.29, 1.82) is 0 Å². The van der Waals surface area contributed by atoms with Crippen molar-refractivity contribution in [2.24, 2.45) is 0 Å². The minimum absolute atomic E-state index is 0.128. The van der Waals surface area contributed by atoms with Crippen molar-refractivity contribution < 1.29 is 4.39 Å². The summed E-state index contributed by atoms with van der Waals surface area (Å²) in [6.45, 7) is 0. The number of hydrogen-bond donors (Lipinski definition) is 0. The molecular weight excluding hydrogens is 231 g/mol. The van der Waals surface area contributed by atoms with Crippen LogP contribution in [0.25, 0.3) is 0 Å². The summed E-state index contributed by atoms with van der Waals surface area (Å²) < 4.78 is 13.9. The summed E-state index contributed by atoms with van der Waals surface area (Å²) in [5.41, 5.74) is 1.16. The molecule has 0 atom stereocenters. The van der Waals surface area contributed by atoms with E-state index in [0.29, 0.717) is 5.92 Å². The average Bonchev–Trinajstić information content (AvgIpc) is 2.53. The number of rotatable bonds is 1. The zero-order valence-electron chi connectivity index (χ0n) is 7.39. The van der Waals surface area contributed by atoms with Crippen molar-refractivity contribution in [2.75, 3.05) is 0 Å². The smallest absolute Gasteiger partial charge is 0.124 e. The molecule has 0 unspecified atom stereocenters. The van der Waals surface area contributed by atoms with E-state index in [0.717, 1.165) is 10.0 Å². The van der Waals surface area contributed by atoms with Crippen molar-refractivity contribution in [2.45, 2.75) is 31.6 Å². The van der Waals surface area contributed by atoms with Gasteiger partial charge in [-0.2, -0.15) is 0 Å². The van der Waals surface area contributed by atoms with Crippen LogP contribution in [0.3, 0.4) is 0 Å². The van der Waals surface area contributed by atoms with E-state index in [1.165, 1.54) is 31.7 Å². The predicted octanol–water partition coefficient (Wildman–Crippen LogP) is 4.25. The minimum atomic E-state index is -0.128. The second kappa shape index (κ2) is 3.79. The third-order valence-electron chi connectivity index (χ3n) is 2.71. The molecule has 13 heavy (non-hydrogen) atoms. The summed E-state index contributed by atoms with van der Waals surface area (Å²) in [6, 6.07) is 5.22. The van der Waals surface area contributed by atoms with Crippen molar-refractivity contribution in [3.8, 4) is 0 Å². The number of hydrogen-bond acceptors (Lipinski definition) is 0. The van der Waals surface area contributed by atoms with E-state index in [1.54, 1.807) is 6.07 Å². The maximum Gasteiger partial charge on any atom is 0.124 e. The molecule has 70 valence electrons. The lowest BCUT2D eigenvalue weighted by Crippen LogP contribution is -1.93. The van der Waals surface area contributed by atoms with Gasteiger partial charge in [-0.1, -0.05) is 28.8 Å². The van der Waals surface area contributed by atoms with Crippen LogP contribution in [-0.4, -0.2) is 0 Å². The Hall–Kier alpha value is -0.370. The van der Waals surface area contributed by atoms with E-state index in [-0.39, 0.29) is 5.82 Å². The molecule has 0 N–H and O–H groups in total. The Balaban J connectivity index is 2.28. The van der Waals surface area contributed by atoms with E-state index in [4.69, 9.17) is 0 Å². The Morgan fingerprint density at radius 3 is 2.46 bits per heavy atom. The molecule has 0 amide bonds. The van der Waals surface area contributed by atoms with Crippen LogP contribution >= 0.6 is 15.9 Å². The van der Waals surface area contributed by atoms with Crippen LogP contribution in [0.2, 0.25) is 0 Å². The molecule has 0 radical (unpaired) electrons. The van der Waals surface area contributed by atoms with Gasteiger partial charge in [-0.3, -0.25) is 0 Å². The van der Waals surface area contributed by atoms with Gasteiger partial charge in [0.15, 0.2) is 0 Å². The first-order chi connectivity index (χ1) is 6.25. The van der Waals surface area contributed by atoms with Crippen LogP contribution in [0.15, 0.2) is 22.7 Å². The summed E-state index contributed by atoms with van der Waals surface area (Å²) in [4.78, 5) is 0. The van der Waals surface area contributed by atoms with Gasteiger partial charge in [-0.15, -0.1) is 0 Å². The highest BCUT2D eigenvalue weighted by Crippen LogP contribution is 2.35. The van der Waals surface area contributed by atoms with Crippen molar-refractivity contribution in [3.63, 3.8) is 0 Å². The first kappa shape index (κ1) is 9.20. The second-order valence-electron chi connectivity index (χ2n) is 3.68. The van der Waals surface area contributed by atoms with Gasteiger partial charge in [0.1, 0.15) is 5.82 Å². The first-order valence-electron chi connectivity index (χ1n) is 4.72. The maximum absolute atomic E-state index is 13.1. The van der Waals surface area contributed by atoms with E-state index in [1.807, 2.05) is 6.07 Å². The molecule has 1 aromatic rings. The third kappa shape index (κ3) is 2.11. The van der Waals surface area contributed by atoms with Gasteiger partial charge in [0.25, 0.3) is 0 Å². The molecule has 1 aliphatic carbocycles. The fourth-order valence-electron chi connectivity index (χ4n) is 2.07. The highest BCUT2D eigenvalue weighted by atomic mass is 79.9. The molecule has 2 heteroatoms. The van der Waals surface area contributed by atoms with E-state index < -0.39 is 0 Å². The van der Waals surface area contributed by atoms with E-state index in [2.05, 4.69) is 15.9 Å². The lowest BCUT2D eigenvalue weighted by atomic mass is 9.98. The van der Waals surface area contributed by atoms with Gasteiger partial charge in [0.05, 0.1) is 0 Å². The summed E-state index contributed by atoms with van der Waals surface area (Å²) in [6.07, 6.45) is 5.02. The molecule has 1 saturated carbocycles. The Kier molecular flexibility index (Phi) is 2.68. The molecule has 2 rings (SSSR count). The van der Waals surface area contributed by atoms with Gasteiger partial charge in [-0.05, 0) is 42.5 Å². The largest absolute Gasteiger partial charge is 0.207 e. The topological polar surface area (TPSA) is 0 Å². The van der Waals surface area contributed by atoms with Gasteiger partial charge >= 0.3 is 0 Å². The zero-order chi connectivity index (χ0) is 9.26. The van der Waals surface area contributed by atoms with E-state index in [9.17, 15) is 4.39 Å². The monoisotopic (exact) mass is 242 g/mol. The quantitative estimate of drug-likeness (QED) is 0.691. The zero-order valence-corrected chi connectivity index (χ0v) is 8.98. The Bertz CT molecular complexity index is 283. The molecule has 0 spiro atoms. The molecule has 0 heterocycles. The fourth-order valence-corrected chi connectivity index (χ4v) is 2.55. The molecule has 0 saturated heterocycles. The summed E-state index contributed by atoms with van der Waals surface area (Å²) >= 11 is 3.32. The molecule has 1 fully saturated rings. The molecule has 1 aromatic carbocycles. The van der Waals surface area contributed by atoms with Gasteiger partial charge in [0.2, 0.25) is 0 Å². The van der Waals surface area contributed by atoms with Crippen LogP contribution in [0.5, 0.6) is 0 Å². The van der Waals surface area contributed by atoms with E-state index >= 15 is 0 Å². The van der Waals surface area contributed by atoms with Crippen LogP contribution in [0.1, 0.15) is 37.2 Å². The highest BCUT2D eigenvalue weighted by Gasteiger charge is 2.17. The number of halogens is 2. The minimum Gasteiger partial charge on any atom is -0.207 e. The Morgan fingerprint density at radius 2 is 1.85 bits per heavy atom. The van der Waals surface area contributed by atoms with Crippen LogP contribution in [-0.2, 0) is 0 Å². The summed E-state index contributed by atoms with van der Waals surface area (Å²) in [5.74, 6) is 0.461. The molecule has 0 bridgehead atoms. The molecule has 1 aliphatic rings. The standard InChI is InChI=1S/C11H12BrF/c12-10-5-9(6-11(13)7-10)8-3-1-2-4-8/h5-8H,1-4H2. The van der Waals surface area contributed by atoms with Crippen molar-refractivity contribution in [1.82, 2.24) is 0 Å². The summed E-state index contributed by atoms with van der Waals surface area (Å²) in [5, 5.41) is 0. The molecule has 0 aliphatic heterocycles. The lowest BCUT2D eigenvalue weighted by molar-refractivity contribution is 0.617. The average molecular weight is 243 g/mol. The van der Waals surface area contributed by atoms with Gasteiger partial charge < -0.3 is 0 Å². The number of benzene rings is 1. The first-order valence-corrected chi connectivity index (χ1v) is 5.51. The normalized spacial score (nSPS) is 18.0. The molecule has 0 aromatic heterocycles. The van der Waals surface area contributed by atoms with Crippen molar-refractivity contribution in [3.05, 3.63) is 34.1 Å². The van der Waals surface area contributed by atoms with Crippen LogP contribution in [0.4, 0.5) is 4.39 Å². The van der Waals surface area contributed by atoms with Crippen LogP contribution < -0.4 is 0 Å². The molecular formula is C11H12BrF. The SMILES string of the molecule is Fc1cc(Br)cc(C2CCCC2)c1. The highest BCUT2D eigenvalue weighted by molar-refractivity contribution is 9.10. The van der Waals surface area contributed by atoms with Gasteiger partial charge in [0, 0.05) is 4.47 Å². The predicted molar refractivity (Wildman–Crippen MR) is 55.3 cm³/mol. The maximum atomic E-state index is 13.1. The Morgan fingerprint density at radius 1 is 1.15 bits per heavy atom. The Labute approximate surface area is 86.3 Å². The molecule has 0 nitrogen and oxygen atoms in total. The van der Waals surface area contributed by atoms with Crippen molar-refractivity contribution >= 4 is 15.9 Å².